The Hall–Kier alpha value is -2.08. The van der Waals surface area contributed by atoms with Crippen molar-refractivity contribution < 1.29 is 13.9 Å². The van der Waals surface area contributed by atoms with Crippen LogP contribution in [0.15, 0.2) is 22.6 Å². The van der Waals surface area contributed by atoms with Crippen molar-refractivity contribution in [1.29, 1.82) is 0 Å². The summed E-state index contributed by atoms with van der Waals surface area (Å²) in [6, 6.07) is 5.62. The van der Waals surface area contributed by atoms with Crippen LogP contribution >= 0.6 is 0 Å². The number of benzene rings is 1. The molecule has 0 aliphatic carbocycles. The summed E-state index contributed by atoms with van der Waals surface area (Å²) < 4.78 is 16.7. The van der Waals surface area contributed by atoms with Crippen LogP contribution in [0.4, 0.5) is 0 Å². The van der Waals surface area contributed by atoms with Gasteiger partial charge in [0.1, 0.15) is 13.2 Å². The Kier molecular flexibility index (Phi) is 3.55. The minimum Gasteiger partial charge on any atom is -0.486 e. The minimum absolute atomic E-state index is 0.00559. The van der Waals surface area contributed by atoms with E-state index in [0.717, 1.165) is 11.3 Å². The van der Waals surface area contributed by atoms with E-state index >= 15 is 0 Å². The second-order valence-corrected chi connectivity index (χ2v) is 5.96. The standard InChI is InChI=1S/C15H19N3O3/c1-15(2,3)16-9-13-17-18-14(21-13)10-4-5-11-12(8-10)20-7-6-19-11/h4-5,8,16H,6-7,9H2,1-3H3. The maximum atomic E-state index is 5.68. The highest BCUT2D eigenvalue weighted by Crippen LogP contribution is 2.34. The van der Waals surface area contributed by atoms with Gasteiger partial charge in [-0.2, -0.15) is 0 Å². The Bertz CT molecular complexity index is 631. The second kappa shape index (κ2) is 5.37. The number of nitrogens with one attached hydrogen (secondary N) is 1. The molecule has 0 saturated heterocycles. The molecule has 0 amide bonds. The van der Waals surface area contributed by atoms with Crippen LogP contribution < -0.4 is 14.8 Å². The molecule has 0 unspecified atom stereocenters. The first-order valence-corrected chi connectivity index (χ1v) is 6.99. The highest BCUT2D eigenvalue weighted by molar-refractivity contribution is 5.59. The van der Waals surface area contributed by atoms with Gasteiger partial charge in [-0.3, -0.25) is 0 Å². The third-order valence-corrected chi connectivity index (χ3v) is 3.03. The predicted molar refractivity (Wildman–Crippen MR) is 77.3 cm³/mol. The van der Waals surface area contributed by atoms with Crippen LogP contribution in [0.5, 0.6) is 11.5 Å². The third-order valence-electron chi connectivity index (χ3n) is 3.03. The van der Waals surface area contributed by atoms with Gasteiger partial charge in [-0.15, -0.1) is 10.2 Å². The zero-order chi connectivity index (χ0) is 14.9. The summed E-state index contributed by atoms with van der Waals surface area (Å²) in [6.07, 6.45) is 0. The minimum atomic E-state index is 0.00559. The number of aromatic nitrogens is 2. The molecule has 0 fully saturated rings. The van der Waals surface area contributed by atoms with Gasteiger partial charge < -0.3 is 19.2 Å². The highest BCUT2D eigenvalue weighted by atomic mass is 16.6. The third kappa shape index (κ3) is 3.33. The number of rotatable bonds is 3. The molecule has 6 nitrogen and oxygen atoms in total. The predicted octanol–water partition coefficient (Wildman–Crippen LogP) is 2.40. The lowest BCUT2D eigenvalue weighted by atomic mass is 10.1. The number of ether oxygens (including phenoxy) is 2. The summed E-state index contributed by atoms with van der Waals surface area (Å²) in [5, 5.41) is 11.5. The molecular formula is C15H19N3O3. The fourth-order valence-corrected chi connectivity index (χ4v) is 1.96. The molecule has 1 N–H and O–H groups in total. The Morgan fingerprint density at radius 3 is 2.62 bits per heavy atom. The van der Waals surface area contributed by atoms with Gasteiger partial charge in [-0.05, 0) is 39.0 Å². The van der Waals surface area contributed by atoms with Crippen LogP contribution in [0.3, 0.4) is 0 Å². The van der Waals surface area contributed by atoms with Gasteiger partial charge in [0.15, 0.2) is 11.5 Å². The maximum Gasteiger partial charge on any atom is 0.247 e. The first-order chi connectivity index (χ1) is 10.0. The van der Waals surface area contributed by atoms with Crippen molar-refractivity contribution in [2.75, 3.05) is 13.2 Å². The Morgan fingerprint density at radius 2 is 1.86 bits per heavy atom. The van der Waals surface area contributed by atoms with Crippen LogP contribution in [0.1, 0.15) is 26.7 Å². The molecule has 0 spiro atoms. The molecule has 6 heteroatoms. The number of hydrogen-bond acceptors (Lipinski definition) is 6. The molecule has 1 aliphatic heterocycles. The number of nitrogens with zero attached hydrogens (tertiary/aromatic N) is 2. The van der Waals surface area contributed by atoms with Crippen molar-refractivity contribution in [1.82, 2.24) is 15.5 Å². The van der Waals surface area contributed by atoms with Crippen molar-refractivity contribution in [2.24, 2.45) is 0 Å². The molecular weight excluding hydrogens is 270 g/mol. The summed E-state index contributed by atoms with van der Waals surface area (Å²) in [5.74, 6) is 2.51. The summed E-state index contributed by atoms with van der Waals surface area (Å²) >= 11 is 0. The smallest absolute Gasteiger partial charge is 0.247 e. The lowest BCUT2D eigenvalue weighted by Crippen LogP contribution is -2.35. The first kappa shape index (κ1) is 13.9. The van der Waals surface area contributed by atoms with E-state index in [4.69, 9.17) is 13.9 Å². The van der Waals surface area contributed by atoms with Gasteiger partial charge in [0.05, 0.1) is 6.54 Å². The molecule has 112 valence electrons. The van der Waals surface area contributed by atoms with E-state index < -0.39 is 0 Å². The molecule has 0 saturated carbocycles. The lowest BCUT2D eigenvalue weighted by molar-refractivity contribution is 0.171. The van der Waals surface area contributed by atoms with Crippen LogP contribution in [0, 0.1) is 0 Å². The normalized spacial score (nSPS) is 14.2. The molecule has 1 aromatic heterocycles. The molecule has 2 aromatic rings. The Morgan fingerprint density at radius 1 is 1.10 bits per heavy atom. The van der Waals surface area contributed by atoms with Crippen molar-refractivity contribution in [3.63, 3.8) is 0 Å². The average molecular weight is 289 g/mol. The molecule has 21 heavy (non-hydrogen) atoms. The number of hydrogen-bond donors (Lipinski definition) is 1. The van der Waals surface area contributed by atoms with Gasteiger partial charge >= 0.3 is 0 Å². The topological polar surface area (TPSA) is 69.4 Å². The van der Waals surface area contributed by atoms with Crippen LogP contribution in [0.25, 0.3) is 11.5 Å². The molecule has 1 aromatic carbocycles. The summed E-state index contributed by atoms with van der Waals surface area (Å²) in [4.78, 5) is 0. The highest BCUT2D eigenvalue weighted by Gasteiger charge is 2.16. The van der Waals surface area contributed by atoms with Gasteiger partial charge in [0, 0.05) is 11.1 Å². The number of fused-ring (bicyclic) bond motifs is 1. The van der Waals surface area contributed by atoms with Gasteiger partial charge in [-0.25, -0.2) is 0 Å². The molecule has 0 bridgehead atoms. The van der Waals surface area contributed by atoms with Gasteiger partial charge in [0.2, 0.25) is 11.8 Å². The SMILES string of the molecule is CC(C)(C)NCc1nnc(-c2ccc3c(c2)OCCO3)o1. The molecule has 1 aliphatic rings. The molecule has 0 radical (unpaired) electrons. The summed E-state index contributed by atoms with van der Waals surface area (Å²) in [5.41, 5.74) is 0.833. The average Bonchev–Trinajstić information content (AvgIpc) is 2.93. The van der Waals surface area contributed by atoms with E-state index in [1.807, 2.05) is 18.2 Å². The first-order valence-electron chi connectivity index (χ1n) is 6.99. The zero-order valence-electron chi connectivity index (χ0n) is 12.5. The summed E-state index contributed by atoms with van der Waals surface area (Å²) in [6.45, 7) is 7.94. The second-order valence-electron chi connectivity index (χ2n) is 5.96. The Labute approximate surface area is 123 Å². The molecule has 0 atom stereocenters. The summed E-state index contributed by atoms with van der Waals surface area (Å²) in [7, 11) is 0. The van der Waals surface area contributed by atoms with Crippen molar-refractivity contribution in [3.8, 4) is 23.0 Å². The van der Waals surface area contributed by atoms with Crippen LogP contribution in [-0.2, 0) is 6.54 Å². The van der Waals surface area contributed by atoms with E-state index in [1.54, 1.807) is 0 Å². The van der Waals surface area contributed by atoms with E-state index in [2.05, 4.69) is 36.3 Å². The van der Waals surface area contributed by atoms with E-state index in [9.17, 15) is 0 Å². The van der Waals surface area contributed by atoms with E-state index in [-0.39, 0.29) is 5.54 Å². The fraction of sp³-hybridized carbons (Fsp3) is 0.467. The van der Waals surface area contributed by atoms with Crippen molar-refractivity contribution in [2.45, 2.75) is 32.9 Å². The van der Waals surface area contributed by atoms with E-state index in [1.165, 1.54) is 0 Å². The van der Waals surface area contributed by atoms with Crippen molar-refractivity contribution in [3.05, 3.63) is 24.1 Å². The maximum absolute atomic E-state index is 5.68. The Balaban J connectivity index is 1.77. The van der Waals surface area contributed by atoms with Gasteiger partial charge in [0.25, 0.3) is 0 Å². The quantitative estimate of drug-likeness (QED) is 0.935. The van der Waals surface area contributed by atoms with Crippen LogP contribution in [0.2, 0.25) is 0 Å². The largest absolute Gasteiger partial charge is 0.486 e. The molecule has 3 rings (SSSR count). The van der Waals surface area contributed by atoms with Gasteiger partial charge in [-0.1, -0.05) is 0 Å². The van der Waals surface area contributed by atoms with Crippen molar-refractivity contribution >= 4 is 0 Å². The molecule has 2 heterocycles. The zero-order valence-corrected chi connectivity index (χ0v) is 12.5. The van der Waals surface area contributed by atoms with E-state index in [0.29, 0.717) is 37.3 Å². The fourth-order valence-electron chi connectivity index (χ4n) is 1.96. The monoisotopic (exact) mass is 289 g/mol. The van der Waals surface area contributed by atoms with Crippen LogP contribution in [-0.4, -0.2) is 29.0 Å². The lowest BCUT2D eigenvalue weighted by Gasteiger charge is -2.18.